The molecule has 2 nitrogen and oxygen atoms in total. The first kappa shape index (κ1) is 12.6. The zero-order valence-electron chi connectivity index (χ0n) is 10.7. The summed E-state index contributed by atoms with van der Waals surface area (Å²) in [7, 11) is 0. The van der Waals surface area contributed by atoms with Gasteiger partial charge in [-0.15, -0.1) is 11.3 Å². The van der Waals surface area contributed by atoms with Gasteiger partial charge in [-0.3, -0.25) is 4.79 Å². The van der Waals surface area contributed by atoms with E-state index in [1.807, 2.05) is 5.38 Å². The quantitative estimate of drug-likeness (QED) is 0.816. The fraction of sp³-hybridized carbons (Fsp3) is 0.643. The van der Waals surface area contributed by atoms with Gasteiger partial charge in [0.1, 0.15) is 0 Å². The normalized spacial score (nSPS) is 18.8. The van der Waals surface area contributed by atoms with E-state index < -0.39 is 0 Å². The van der Waals surface area contributed by atoms with Gasteiger partial charge in [0.05, 0.1) is 5.56 Å². The van der Waals surface area contributed by atoms with Crippen LogP contribution in [0.15, 0.2) is 5.38 Å². The van der Waals surface area contributed by atoms with Crippen molar-refractivity contribution in [2.24, 2.45) is 5.92 Å². The number of rotatable bonds is 4. The highest BCUT2D eigenvalue weighted by Gasteiger charge is 2.22. The lowest BCUT2D eigenvalue weighted by Crippen LogP contribution is -2.25. The molecule has 1 heterocycles. The van der Waals surface area contributed by atoms with Crippen LogP contribution in [-0.2, 0) is 12.8 Å². The molecule has 1 unspecified atom stereocenters. The summed E-state index contributed by atoms with van der Waals surface area (Å²) in [5.41, 5.74) is 2.26. The maximum Gasteiger partial charge on any atom is 0.252 e. The molecular weight excluding hydrogens is 230 g/mol. The van der Waals surface area contributed by atoms with Gasteiger partial charge in [0.25, 0.3) is 5.91 Å². The summed E-state index contributed by atoms with van der Waals surface area (Å²) in [5.74, 6) is 0.905. The highest BCUT2D eigenvalue weighted by Crippen LogP contribution is 2.32. The second-order valence-corrected chi connectivity index (χ2v) is 5.97. The van der Waals surface area contributed by atoms with E-state index >= 15 is 0 Å². The first-order chi connectivity index (χ1) is 8.22. The number of carbonyl (C=O) groups excluding carboxylic acids is 1. The molecular formula is C14H21NOS. The Kier molecular flexibility index (Phi) is 4.21. The van der Waals surface area contributed by atoms with Gasteiger partial charge in [0, 0.05) is 16.8 Å². The SMILES string of the molecule is CCCCNC(=O)c1csc2c1CCC(C)C2. The molecule has 1 N–H and O–H groups in total. The Bertz CT molecular complexity index is 397. The lowest BCUT2D eigenvalue weighted by atomic mass is 9.88. The van der Waals surface area contributed by atoms with Crippen molar-refractivity contribution < 1.29 is 4.79 Å². The summed E-state index contributed by atoms with van der Waals surface area (Å²) in [6, 6.07) is 0. The van der Waals surface area contributed by atoms with Gasteiger partial charge in [0.15, 0.2) is 0 Å². The number of amides is 1. The van der Waals surface area contributed by atoms with E-state index in [4.69, 9.17) is 0 Å². The van der Waals surface area contributed by atoms with Crippen molar-refractivity contribution in [3.8, 4) is 0 Å². The smallest absolute Gasteiger partial charge is 0.252 e. The van der Waals surface area contributed by atoms with Crippen molar-refractivity contribution in [2.45, 2.75) is 46.0 Å². The molecule has 3 heteroatoms. The third-order valence-electron chi connectivity index (χ3n) is 3.46. The molecule has 1 aliphatic carbocycles. The maximum atomic E-state index is 12.0. The van der Waals surface area contributed by atoms with Crippen molar-refractivity contribution in [2.75, 3.05) is 6.54 Å². The van der Waals surface area contributed by atoms with E-state index in [9.17, 15) is 4.79 Å². The van der Waals surface area contributed by atoms with Crippen LogP contribution < -0.4 is 5.32 Å². The highest BCUT2D eigenvalue weighted by atomic mass is 32.1. The number of carbonyl (C=O) groups is 1. The summed E-state index contributed by atoms with van der Waals surface area (Å²) in [4.78, 5) is 13.5. The summed E-state index contributed by atoms with van der Waals surface area (Å²) in [6.45, 7) is 5.24. The van der Waals surface area contributed by atoms with Crippen LogP contribution in [0.25, 0.3) is 0 Å². The second kappa shape index (κ2) is 5.67. The fourth-order valence-electron chi connectivity index (χ4n) is 2.34. The van der Waals surface area contributed by atoms with Gasteiger partial charge in [0.2, 0.25) is 0 Å². The van der Waals surface area contributed by atoms with Crippen LogP contribution in [0.1, 0.15) is 53.9 Å². The molecule has 1 amide bonds. The Morgan fingerprint density at radius 3 is 3.18 bits per heavy atom. The Morgan fingerprint density at radius 2 is 2.41 bits per heavy atom. The standard InChI is InChI=1S/C14H21NOS/c1-3-4-7-15-14(16)12-9-17-13-8-10(2)5-6-11(12)13/h9-10H,3-8H2,1-2H3,(H,15,16). The maximum absolute atomic E-state index is 12.0. The predicted octanol–water partition coefficient (Wildman–Crippen LogP) is 3.40. The number of thiophene rings is 1. The van der Waals surface area contributed by atoms with Crippen molar-refractivity contribution in [1.29, 1.82) is 0 Å². The largest absolute Gasteiger partial charge is 0.352 e. The minimum atomic E-state index is 0.130. The number of hydrogen-bond donors (Lipinski definition) is 1. The molecule has 0 radical (unpaired) electrons. The van der Waals surface area contributed by atoms with E-state index in [0.717, 1.165) is 43.7 Å². The summed E-state index contributed by atoms with van der Waals surface area (Å²) >= 11 is 1.76. The Labute approximate surface area is 107 Å². The van der Waals surface area contributed by atoms with Crippen LogP contribution in [-0.4, -0.2) is 12.5 Å². The Morgan fingerprint density at radius 1 is 1.59 bits per heavy atom. The number of nitrogens with one attached hydrogen (secondary N) is 1. The third kappa shape index (κ3) is 2.89. The van der Waals surface area contributed by atoms with Crippen LogP contribution in [0.3, 0.4) is 0 Å². The van der Waals surface area contributed by atoms with Crippen LogP contribution >= 0.6 is 11.3 Å². The first-order valence-electron chi connectivity index (χ1n) is 6.59. The number of unbranched alkanes of at least 4 members (excludes halogenated alkanes) is 1. The van der Waals surface area contributed by atoms with Crippen LogP contribution in [0.4, 0.5) is 0 Å². The average molecular weight is 251 g/mol. The molecule has 0 saturated carbocycles. The number of fused-ring (bicyclic) bond motifs is 1. The average Bonchev–Trinajstić information content (AvgIpc) is 2.72. The topological polar surface area (TPSA) is 29.1 Å². The summed E-state index contributed by atoms with van der Waals surface area (Å²) in [6.07, 6.45) is 5.65. The van der Waals surface area contributed by atoms with Gasteiger partial charge < -0.3 is 5.32 Å². The molecule has 94 valence electrons. The van der Waals surface area contributed by atoms with Gasteiger partial charge in [-0.2, -0.15) is 0 Å². The third-order valence-corrected chi connectivity index (χ3v) is 4.51. The molecule has 0 fully saturated rings. The van der Waals surface area contributed by atoms with Crippen molar-refractivity contribution >= 4 is 17.2 Å². The second-order valence-electron chi connectivity index (χ2n) is 5.01. The molecule has 2 rings (SSSR count). The zero-order valence-corrected chi connectivity index (χ0v) is 11.5. The van der Waals surface area contributed by atoms with Crippen molar-refractivity contribution in [3.63, 3.8) is 0 Å². The van der Waals surface area contributed by atoms with Crippen molar-refractivity contribution in [3.05, 3.63) is 21.4 Å². The minimum Gasteiger partial charge on any atom is -0.352 e. The van der Waals surface area contributed by atoms with E-state index in [-0.39, 0.29) is 5.91 Å². The van der Waals surface area contributed by atoms with Gasteiger partial charge in [-0.05, 0) is 37.2 Å². The lowest BCUT2D eigenvalue weighted by molar-refractivity contribution is 0.0952. The summed E-state index contributed by atoms with van der Waals surface area (Å²) in [5, 5.41) is 5.06. The van der Waals surface area contributed by atoms with E-state index in [0.29, 0.717) is 0 Å². The molecule has 0 bridgehead atoms. The summed E-state index contributed by atoms with van der Waals surface area (Å²) < 4.78 is 0. The Hall–Kier alpha value is -0.830. The van der Waals surface area contributed by atoms with Gasteiger partial charge in [-0.1, -0.05) is 20.3 Å². The molecule has 1 aliphatic rings. The molecule has 1 atom stereocenters. The molecule has 17 heavy (non-hydrogen) atoms. The van der Waals surface area contributed by atoms with Crippen LogP contribution in [0.2, 0.25) is 0 Å². The van der Waals surface area contributed by atoms with Gasteiger partial charge in [-0.25, -0.2) is 0 Å². The van der Waals surface area contributed by atoms with Crippen LogP contribution in [0, 0.1) is 5.92 Å². The number of hydrogen-bond acceptors (Lipinski definition) is 2. The predicted molar refractivity (Wildman–Crippen MR) is 72.7 cm³/mol. The molecule has 0 spiro atoms. The van der Waals surface area contributed by atoms with Crippen molar-refractivity contribution in [1.82, 2.24) is 5.32 Å². The molecule has 0 aliphatic heterocycles. The Balaban J connectivity index is 2.04. The lowest BCUT2D eigenvalue weighted by Gasteiger charge is -2.18. The van der Waals surface area contributed by atoms with E-state index in [1.54, 1.807) is 11.3 Å². The van der Waals surface area contributed by atoms with E-state index in [2.05, 4.69) is 19.2 Å². The van der Waals surface area contributed by atoms with Gasteiger partial charge >= 0.3 is 0 Å². The first-order valence-corrected chi connectivity index (χ1v) is 7.47. The monoisotopic (exact) mass is 251 g/mol. The highest BCUT2D eigenvalue weighted by molar-refractivity contribution is 7.10. The zero-order chi connectivity index (χ0) is 12.3. The molecule has 0 saturated heterocycles. The minimum absolute atomic E-state index is 0.130. The van der Waals surface area contributed by atoms with Crippen LogP contribution in [0.5, 0.6) is 0 Å². The van der Waals surface area contributed by atoms with E-state index in [1.165, 1.54) is 16.9 Å². The fourth-order valence-corrected chi connectivity index (χ4v) is 3.59. The molecule has 1 aromatic rings. The molecule has 0 aromatic carbocycles. The molecule has 1 aromatic heterocycles.